The lowest BCUT2D eigenvalue weighted by molar-refractivity contribution is 0.183. The molecule has 2 fully saturated rings. The Kier molecular flexibility index (Phi) is 3.80. The Bertz CT molecular complexity index is 595. The number of benzene rings is 1. The fourth-order valence-corrected chi connectivity index (χ4v) is 4.91. The predicted molar refractivity (Wildman–Crippen MR) is 89.8 cm³/mol. The van der Waals surface area contributed by atoms with Crippen molar-refractivity contribution in [3.05, 3.63) is 35.4 Å². The quantitative estimate of drug-likeness (QED) is 0.803. The topological polar surface area (TPSA) is 61.4 Å². The summed E-state index contributed by atoms with van der Waals surface area (Å²) in [4.78, 5) is 10.7. The van der Waals surface area contributed by atoms with Crippen molar-refractivity contribution in [1.29, 1.82) is 0 Å². The molecule has 1 aromatic carbocycles. The van der Waals surface area contributed by atoms with Crippen molar-refractivity contribution in [2.24, 2.45) is 0 Å². The summed E-state index contributed by atoms with van der Waals surface area (Å²) in [5.74, 6) is 0. The van der Waals surface area contributed by atoms with E-state index >= 15 is 0 Å². The average Bonchev–Trinajstić information content (AvgIpc) is 3.22. The Hall–Kier alpha value is -1.55. The third-order valence-corrected chi connectivity index (χ3v) is 6.19. The van der Waals surface area contributed by atoms with Crippen molar-refractivity contribution in [2.45, 2.75) is 74.9 Å². The number of carbonyl (C=O) groups is 1. The molecule has 0 radical (unpaired) electrons. The van der Waals surface area contributed by atoms with E-state index in [0.29, 0.717) is 17.5 Å². The highest BCUT2D eigenvalue weighted by atomic mass is 16.4. The molecule has 0 bridgehead atoms. The first kappa shape index (κ1) is 15.0. The second-order valence-corrected chi connectivity index (χ2v) is 7.59. The molecule has 1 amide bonds. The average molecular weight is 314 g/mol. The highest BCUT2D eigenvalue weighted by Gasteiger charge is 2.56. The van der Waals surface area contributed by atoms with Crippen LogP contribution in [0, 0.1) is 0 Å². The van der Waals surface area contributed by atoms with Gasteiger partial charge < -0.3 is 15.7 Å². The summed E-state index contributed by atoms with van der Waals surface area (Å²) in [5, 5.41) is 15.3. The van der Waals surface area contributed by atoms with Crippen LogP contribution in [0.5, 0.6) is 0 Å². The van der Waals surface area contributed by atoms with E-state index in [1.54, 1.807) is 11.1 Å². The van der Waals surface area contributed by atoms with E-state index in [-0.39, 0.29) is 6.04 Å². The molecular formula is C19H26N2O2. The molecule has 0 aliphatic heterocycles. The van der Waals surface area contributed by atoms with E-state index in [2.05, 4.69) is 34.9 Å². The second kappa shape index (κ2) is 5.82. The van der Waals surface area contributed by atoms with Crippen LogP contribution in [0.15, 0.2) is 24.3 Å². The third-order valence-electron chi connectivity index (χ3n) is 6.19. The minimum absolute atomic E-state index is 0.147. The summed E-state index contributed by atoms with van der Waals surface area (Å²) in [6.45, 7) is 0. The molecule has 4 rings (SSSR count). The lowest BCUT2D eigenvalue weighted by atomic mass is 9.79. The van der Waals surface area contributed by atoms with Crippen LogP contribution >= 0.6 is 0 Å². The van der Waals surface area contributed by atoms with Crippen molar-refractivity contribution in [1.82, 2.24) is 10.6 Å². The van der Waals surface area contributed by atoms with E-state index in [9.17, 15) is 4.79 Å². The Morgan fingerprint density at radius 3 is 2.65 bits per heavy atom. The summed E-state index contributed by atoms with van der Waals surface area (Å²) >= 11 is 0. The van der Waals surface area contributed by atoms with Crippen LogP contribution < -0.4 is 10.6 Å². The maximum Gasteiger partial charge on any atom is 0.404 e. The van der Waals surface area contributed by atoms with E-state index < -0.39 is 6.09 Å². The van der Waals surface area contributed by atoms with Crippen LogP contribution in [0.25, 0.3) is 0 Å². The van der Waals surface area contributed by atoms with Crippen LogP contribution in [0.4, 0.5) is 4.79 Å². The summed E-state index contributed by atoms with van der Waals surface area (Å²) in [7, 11) is 0. The monoisotopic (exact) mass is 314 g/mol. The molecule has 0 aromatic heterocycles. The van der Waals surface area contributed by atoms with Gasteiger partial charge in [0.05, 0.1) is 0 Å². The van der Waals surface area contributed by atoms with Crippen LogP contribution in [-0.4, -0.2) is 29.3 Å². The molecule has 3 N–H and O–H groups in total. The molecular weight excluding hydrogens is 288 g/mol. The first-order valence-corrected chi connectivity index (χ1v) is 9.01. The first-order valence-electron chi connectivity index (χ1n) is 9.01. The largest absolute Gasteiger partial charge is 0.465 e. The molecule has 124 valence electrons. The van der Waals surface area contributed by atoms with Gasteiger partial charge in [-0.05, 0) is 62.5 Å². The van der Waals surface area contributed by atoms with Crippen LogP contribution in [-0.2, 0) is 11.8 Å². The van der Waals surface area contributed by atoms with Gasteiger partial charge >= 0.3 is 6.09 Å². The Labute approximate surface area is 137 Å². The number of aryl methyl sites for hydroxylation is 1. The van der Waals surface area contributed by atoms with Gasteiger partial charge in [0.1, 0.15) is 0 Å². The molecule has 1 aromatic rings. The maximum absolute atomic E-state index is 10.7. The standard InChI is InChI=1S/C19H26N2O2/c22-18(23)21-15-9-7-14(8-10-15)20-17-12-19(17)11-3-5-13-4-1-2-6-16(13)19/h1-2,4,6,14-15,17,20-21H,3,5,7-12H2,(H,22,23). The maximum atomic E-state index is 10.7. The van der Waals surface area contributed by atoms with Gasteiger partial charge in [-0.25, -0.2) is 4.79 Å². The number of hydrogen-bond acceptors (Lipinski definition) is 2. The molecule has 2 unspecified atom stereocenters. The second-order valence-electron chi connectivity index (χ2n) is 7.59. The summed E-state index contributed by atoms with van der Waals surface area (Å²) in [6, 6.07) is 10.3. The smallest absolute Gasteiger partial charge is 0.404 e. The molecule has 2 atom stereocenters. The highest BCUT2D eigenvalue weighted by Crippen LogP contribution is 2.55. The molecule has 23 heavy (non-hydrogen) atoms. The predicted octanol–water partition coefficient (Wildman–Crippen LogP) is 3.20. The molecule has 3 aliphatic carbocycles. The van der Waals surface area contributed by atoms with E-state index in [1.165, 1.54) is 25.7 Å². The van der Waals surface area contributed by atoms with Crippen molar-refractivity contribution >= 4 is 6.09 Å². The van der Waals surface area contributed by atoms with Gasteiger partial charge in [-0.3, -0.25) is 0 Å². The van der Waals surface area contributed by atoms with Gasteiger partial charge in [0.2, 0.25) is 0 Å². The number of hydrogen-bond donors (Lipinski definition) is 3. The van der Waals surface area contributed by atoms with Gasteiger partial charge in [0.15, 0.2) is 0 Å². The number of nitrogens with one attached hydrogen (secondary N) is 2. The third kappa shape index (κ3) is 2.85. The molecule has 2 saturated carbocycles. The highest BCUT2D eigenvalue weighted by molar-refractivity contribution is 5.64. The van der Waals surface area contributed by atoms with E-state index in [4.69, 9.17) is 5.11 Å². The lowest BCUT2D eigenvalue weighted by Crippen LogP contribution is -2.43. The molecule has 1 spiro atoms. The zero-order valence-electron chi connectivity index (χ0n) is 13.6. The summed E-state index contributed by atoms with van der Waals surface area (Å²) in [5.41, 5.74) is 3.53. The van der Waals surface area contributed by atoms with Gasteiger partial charge in [-0.15, -0.1) is 0 Å². The van der Waals surface area contributed by atoms with Gasteiger partial charge in [0.25, 0.3) is 0 Å². The van der Waals surface area contributed by atoms with E-state index in [0.717, 1.165) is 25.7 Å². The van der Waals surface area contributed by atoms with Crippen molar-refractivity contribution in [3.63, 3.8) is 0 Å². The van der Waals surface area contributed by atoms with E-state index in [1.807, 2.05) is 0 Å². The molecule has 0 heterocycles. The minimum Gasteiger partial charge on any atom is -0.465 e. The molecule has 4 heteroatoms. The SMILES string of the molecule is O=C(O)NC1CCC(NC2CC23CCCc2ccccc23)CC1. The van der Waals surface area contributed by atoms with Gasteiger partial charge in [-0.1, -0.05) is 24.3 Å². The molecule has 3 aliphatic rings. The Balaban J connectivity index is 1.36. The number of rotatable bonds is 3. The number of fused-ring (bicyclic) bond motifs is 2. The zero-order chi connectivity index (χ0) is 15.9. The first-order chi connectivity index (χ1) is 11.2. The minimum atomic E-state index is -0.888. The van der Waals surface area contributed by atoms with Crippen LogP contribution in [0.3, 0.4) is 0 Å². The molecule has 0 saturated heterocycles. The zero-order valence-corrected chi connectivity index (χ0v) is 13.6. The van der Waals surface area contributed by atoms with Gasteiger partial charge in [-0.2, -0.15) is 0 Å². The Morgan fingerprint density at radius 2 is 1.87 bits per heavy atom. The fraction of sp³-hybridized carbons (Fsp3) is 0.632. The summed E-state index contributed by atoms with van der Waals surface area (Å²) in [6.07, 6.45) is 8.33. The summed E-state index contributed by atoms with van der Waals surface area (Å²) < 4.78 is 0. The number of amides is 1. The van der Waals surface area contributed by atoms with Gasteiger partial charge in [0, 0.05) is 23.5 Å². The van der Waals surface area contributed by atoms with Crippen LogP contribution in [0.1, 0.15) is 56.1 Å². The van der Waals surface area contributed by atoms with Crippen molar-refractivity contribution in [3.8, 4) is 0 Å². The molecule has 4 nitrogen and oxygen atoms in total. The fourth-order valence-electron chi connectivity index (χ4n) is 4.91. The lowest BCUT2D eigenvalue weighted by Gasteiger charge is -2.31. The normalized spacial score (nSPS) is 35.6. The number of carboxylic acid groups (broad SMARTS) is 1. The Morgan fingerprint density at radius 1 is 1.13 bits per heavy atom. The van der Waals surface area contributed by atoms with Crippen molar-refractivity contribution < 1.29 is 9.90 Å². The van der Waals surface area contributed by atoms with Crippen LogP contribution in [0.2, 0.25) is 0 Å². The van der Waals surface area contributed by atoms with Crippen molar-refractivity contribution in [2.75, 3.05) is 0 Å².